The lowest BCUT2D eigenvalue weighted by Crippen LogP contribution is -2.19. The number of aliphatic hydroxyl groups is 1. The summed E-state index contributed by atoms with van der Waals surface area (Å²) in [5, 5.41) is 10.3. The van der Waals surface area contributed by atoms with Crippen LogP contribution in [0, 0.1) is 5.92 Å². The van der Waals surface area contributed by atoms with Crippen LogP contribution in [0.5, 0.6) is 0 Å². The van der Waals surface area contributed by atoms with E-state index in [1.165, 1.54) is 0 Å². The average molecular weight is 255 g/mol. The minimum Gasteiger partial charge on any atom is -0.396 e. The fraction of sp³-hybridized carbons (Fsp3) is 0.571. The first-order valence-electron chi connectivity index (χ1n) is 6.24. The van der Waals surface area contributed by atoms with E-state index in [1.54, 1.807) is 0 Å². The van der Waals surface area contributed by atoms with Crippen molar-refractivity contribution >= 4 is 11.6 Å². The molecule has 17 heavy (non-hydrogen) atoms. The lowest BCUT2D eigenvalue weighted by Gasteiger charge is -2.26. The van der Waals surface area contributed by atoms with E-state index in [0.717, 1.165) is 43.1 Å². The number of aliphatic hydroxyl groups excluding tert-OH is 1. The second-order valence-electron chi connectivity index (χ2n) is 4.69. The van der Waals surface area contributed by atoms with Crippen molar-refractivity contribution in [2.45, 2.75) is 25.2 Å². The summed E-state index contributed by atoms with van der Waals surface area (Å²) < 4.78 is 5.36. The molecule has 94 valence electrons. The van der Waals surface area contributed by atoms with E-state index in [-0.39, 0.29) is 12.5 Å². The minimum absolute atomic E-state index is 0.159. The second-order valence-corrected chi connectivity index (χ2v) is 5.10. The number of halogens is 1. The van der Waals surface area contributed by atoms with Gasteiger partial charge in [-0.25, -0.2) is 0 Å². The Labute approximate surface area is 108 Å². The molecule has 1 aromatic rings. The van der Waals surface area contributed by atoms with E-state index in [4.69, 9.17) is 16.3 Å². The summed E-state index contributed by atoms with van der Waals surface area (Å²) in [4.78, 5) is 0. The highest BCUT2D eigenvalue weighted by Crippen LogP contribution is 2.32. The van der Waals surface area contributed by atoms with Gasteiger partial charge in [0.1, 0.15) is 0 Å². The Balaban J connectivity index is 2.03. The van der Waals surface area contributed by atoms with E-state index in [9.17, 15) is 5.11 Å². The third-order valence-electron chi connectivity index (χ3n) is 3.52. The monoisotopic (exact) mass is 254 g/mol. The first kappa shape index (κ1) is 12.9. The van der Waals surface area contributed by atoms with Crippen molar-refractivity contribution < 1.29 is 9.84 Å². The fourth-order valence-corrected chi connectivity index (χ4v) is 2.78. The summed E-state index contributed by atoms with van der Waals surface area (Å²) >= 11 is 6.18. The Bertz CT molecular complexity index is 348. The summed E-state index contributed by atoms with van der Waals surface area (Å²) in [7, 11) is 0. The SMILES string of the molecule is OCC(CC1CCOCC1)c1ccccc1Cl. The first-order valence-corrected chi connectivity index (χ1v) is 6.62. The Morgan fingerprint density at radius 3 is 2.65 bits per heavy atom. The van der Waals surface area contributed by atoms with Crippen LogP contribution in [0.15, 0.2) is 24.3 Å². The molecule has 0 amide bonds. The molecular formula is C14H19ClO2. The molecule has 2 nitrogen and oxygen atoms in total. The van der Waals surface area contributed by atoms with Crippen LogP contribution in [0.1, 0.15) is 30.7 Å². The van der Waals surface area contributed by atoms with E-state index < -0.39 is 0 Å². The minimum atomic E-state index is 0.159. The van der Waals surface area contributed by atoms with E-state index >= 15 is 0 Å². The average Bonchev–Trinajstić information content (AvgIpc) is 2.38. The van der Waals surface area contributed by atoms with Gasteiger partial charge in [-0.3, -0.25) is 0 Å². The number of benzene rings is 1. The van der Waals surface area contributed by atoms with Crippen molar-refractivity contribution in [3.63, 3.8) is 0 Å². The zero-order valence-electron chi connectivity index (χ0n) is 9.94. The third kappa shape index (κ3) is 3.44. The van der Waals surface area contributed by atoms with E-state index in [2.05, 4.69) is 0 Å². The molecule has 1 N–H and O–H groups in total. The van der Waals surface area contributed by atoms with Gasteiger partial charge in [-0.05, 0) is 36.8 Å². The summed E-state index contributed by atoms with van der Waals surface area (Å²) in [5.74, 6) is 0.809. The molecule has 1 aromatic carbocycles. The predicted octanol–water partition coefficient (Wildman–Crippen LogP) is 3.23. The van der Waals surface area contributed by atoms with Crippen LogP contribution in [0.4, 0.5) is 0 Å². The summed E-state index contributed by atoms with van der Waals surface area (Å²) in [6.45, 7) is 1.87. The van der Waals surface area contributed by atoms with Crippen molar-refractivity contribution in [1.29, 1.82) is 0 Å². The largest absolute Gasteiger partial charge is 0.396 e. The molecule has 0 saturated carbocycles. The van der Waals surface area contributed by atoms with Crippen LogP contribution in [-0.4, -0.2) is 24.9 Å². The van der Waals surface area contributed by atoms with Gasteiger partial charge in [0, 0.05) is 30.8 Å². The lowest BCUT2D eigenvalue weighted by molar-refractivity contribution is 0.0591. The van der Waals surface area contributed by atoms with Crippen LogP contribution >= 0.6 is 11.6 Å². The molecule has 1 atom stereocenters. The Kier molecular flexibility index (Phi) is 4.84. The molecule has 2 rings (SSSR count). The Morgan fingerprint density at radius 2 is 2.00 bits per heavy atom. The van der Waals surface area contributed by atoms with Crippen LogP contribution < -0.4 is 0 Å². The van der Waals surface area contributed by atoms with Crippen molar-refractivity contribution in [2.24, 2.45) is 5.92 Å². The van der Waals surface area contributed by atoms with Gasteiger partial charge in [-0.2, -0.15) is 0 Å². The molecule has 1 aliphatic rings. The van der Waals surface area contributed by atoms with Crippen molar-refractivity contribution in [3.05, 3.63) is 34.9 Å². The smallest absolute Gasteiger partial charge is 0.0500 e. The van der Waals surface area contributed by atoms with Crippen molar-refractivity contribution in [3.8, 4) is 0 Å². The molecule has 1 saturated heterocycles. The standard InChI is InChI=1S/C14H19ClO2/c15-14-4-2-1-3-13(14)12(10-16)9-11-5-7-17-8-6-11/h1-4,11-12,16H,5-10H2. The Morgan fingerprint density at radius 1 is 1.29 bits per heavy atom. The van der Waals surface area contributed by atoms with Gasteiger partial charge in [-0.15, -0.1) is 0 Å². The van der Waals surface area contributed by atoms with Gasteiger partial charge in [0.2, 0.25) is 0 Å². The highest BCUT2D eigenvalue weighted by atomic mass is 35.5. The molecule has 3 heteroatoms. The Hall–Kier alpha value is -0.570. The number of ether oxygens (including phenoxy) is 1. The van der Waals surface area contributed by atoms with Crippen LogP contribution in [-0.2, 0) is 4.74 Å². The third-order valence-corrected chi connectivity index (χ3v) is 3.87. The molecule has 0 aromatic heterocycles. The summed E-state index contributed by atoms with van der Waals surface area (Å²) in [6, 6.07) is 7.81. The fourth-order valence-electron chi connectivity index (χ4n) is 2.49. The molecule has 0 bridgehead atoms. The maximum atomic E-state index is 9.54. The second kappa shape index (κ2) is 6.39. The molecular weight excluding hydrogens is 236 g/mol. The molecule has 1 aliphatic heterocycles. The maximum absolute atomic E-state index is 9.54. The van der Waals surface area contributed by atoms with Crippen LogP contribution in [0.2, 0.25) is 5.02 Å². The molecule has 0 spiro atoms. The number of hydrogen-bond acceptors (Lipinski definition) is 2. The van der Waals surface area contributed by atoms with E-state index in [0.29, 0.717) is 5.92 Å². The quantitative estimate of drug-likeness (QED) is 0.894. The van der Waals surface area contributed by atoms with Crippen LogP contribution in [0.25, 0.3) is 0 Å². The molecule has 1 heterocycles. The number of hydrogen-bond donors (Lipinski definition) is 1. The summed E-state index contributed by atoms with van der Waals surface area (Å²) in [6.07, 6.45) is 3.20. The zero-order valence-corrected chi connectivity index (χ0v) is 10.7. The van der Waals surface area contributed by atoms with Crippen molar-refractivity contribution in [2.75, 3.05) is 19.8 Å². The van der Waals surface area contributed by atoms with Gasteiger partial charge < -0.3 is 9.84 Å². The topological polar surface area (TPSA) is 29.5 Å². The molecule has 0 radical (unpaired) electrons. The van der Waals surface area contributed by atoms with Crippen molar-refractivity contribution in [1.82, 2.24) is 0 Å². The number of rotatable bonds is 4. The zero-order chi connectivity index (χ0) is 12.1. The maximum Gasteiger partial charge on any atom is 0.0500 e. The highest BCUT2D eigenvalue weighted by molar-refractivity contribution is 6.31. The highest BCUT2D eigenvalue weighted by Gasteiger charge is 2.21. The van der Waals surface area contributed by atoms with E-state index in [1.807, 2.05) is 24.3 Å². The van der Waals surface area contributed by atoms with Gasteiger partial charge >= 0.3 is 0 Å². The first-order chi connectivity index (χ1) is 8.31. The van der Waals surface area contributed by atoms with Gasteiger partial charge in [0.25, 0.3) is 0 Å². The normalized spacial score (nSPS) is 19.2. The van der Waals surface area contributed by atoms with Crippen LogP contribution in [0.3, 0.4) is 0 Å². The predicted molar refractivity (Wildman–Crippen MR) is 69.4 cm³/mol. The molecule has 0 aliphatic carbocycles. The lowest BCUT2D eigenvalue weighted by atomic mass is 9.85. The summed E-state index contributed by atoms with van der Waals surface area (Å²) in [5.41, 5.74) is 1.07. The van der Waals surface area contributed by atoms with Gasteiger partial charge in [0.15, 0.2) is 0 Å². The van der Waals surface area contributed by atoms with Gasteiger partial charge in [0.05, 0.1) is 0 Å². The molecule has 1 fully saturated rings. The molecule has 1 unspecified atom stereocenters. The van der Waals surface area contributed by atoms with Gasteiger partial charge in [-0.1, -0.05) is 29.8 Å².